The van der Waals surface area contributed by atoms with Crippen LogP contribution in [0.25, 0.3) is 44.2 Å². The second-order valence-corrected chi connectivity index (χ2v) is 16.5. The molecule has 4 nitrogen and oxygen atoms in total. The van der Waals surface area contributed by atoms with Gasteiger partial charge < -0.3 is 9.58 Å². The molecular weight excluding hydrogens is 921 g/mol. The van der Waals surface area contributed by atoms with Crippen LogP contribution in [0.2, 0.25) is 0 Å². The first kappa shape index (κ1) is 45.6. The minimum Gasteiger partial charge on any atom is -0.512 e. The molecule has 3 heterocycles. The predicted octanol–water partition coefficient (Wildman–Crippen LogP) is 12.2. The van der Waals surface area contributed by atoms with Gasteiger partial charge in [0.05, 0.1) is 11.2 Å². The van der Waals surface area contributed by atoms with E-state index in [1.807, 2.05) is 64.2 Å². The molecule has 0 unspecified atom stereocenters. The molecule has 0 atom stereocenters. The van der Waals surface area contributed by atoms with Gasteiger partial charge in [0.25, 0.3) is 6.85 Å². The molecule has 0 spiro atoms. The van der Waals surface area contributed by atoms with Crippen molar-refractivity contribution >= 4 is 45.2 Å². The molecule has 0 saturated heterocycles. The van der Waals surface area contributed by atoms with Crippen molar-refractivity contribution in [3.8, 4) is 22.5 Å². The van der Waals surface area contributed by atoms with E-state index >= 15 is 0 Å². The van der Waals surface area contributed by atoms with Crippen molar-refractivity contribution in [3.63, 3.8) is 0 Å². The van der Waals surface area contributed by atoms with Crippen LogP contribution in [0, 0.1) is 44.1 Å². The number of fused-ring (bicyclic) bond motifs is 3. The average molecular weight is 976 g/mol. The van der Waals surface area contributed by atoms with Crippen molar-refractivity contribution in [1.29, 1.82) is 0 Å². The number of aryl methyl sites for hydroxylation is 3. The maximum atomic E-state index is 13.7. The number of nitrogens with zero attached hydrogens (tertiary/aromatic N) is 2. The van der Waals surface area contributed by atoms with Gasteiger partial charge in [-0.3, -0.25) is 9.78 Å². The van der Waals surface area contributed by atoms with Crippen LogP contribution in [0.15, 0.2) is 96.9 Å². The summed E-state index contributed by atoms with van der Waals surface area (Å²) in [5.41, 5.74) is 9.76. The van der Waals surface area contributed by atoms with Crippen molar-refractivity contribution in [2.75, 3.05) is 0 Å². The number of aromatic nitrogens is 2. The zero-order valence-corrected chi connectivity index (χ0v) is 38.0. The maximum Gasteiger partial charge on any atom is 0.394 e. The molecule has 0 aliphatic carbocycles. The van der Waals surface area contributed by atoms with Crippen LogP contribution in [0.4, 0.5) is 13.2 Å². The zero-order chi connectivity index (χ0) is 42.1. The normalized spacial score (nSPS) is 12.8. The molecule has 59 heavy (non-hydrogen) atoms. The Morgan fingerprint density at radius 3 is 2.07 bits per heavy atom. The van der Waals surface area contributed by atoms with E-state index in [2.05, 4.69) is 79.8 Å². The van der Waals surface area contributed by atoms with Gasteiger partial charge >= 0.3 is 6.18 Å². The van der Waals surface area contributed by atoms with Crippen molar-refractivity contribution < 1.29 is 43.2 Å². The van der Waals surface area contributed by atoms with Crippen molar-refractivity contribution in [3.05, 3.63) is 125 Å². The van der Waals surface area contributed by atoms with E-state index in [4.69, 9.17) is 4.98 Å². The Hall–Kier alpha value is -4.46. The molecule has 0 bridgehead atoms. The fraction of sp³-hybridized carbons (Fsp3) is 0.360. The van der Waals surface area contributed by atoms with E-state index in [9.17, 15) is 23.1 Å². The smallest absolute Gasteiger partial charge is 0.394 e. The number of pyridine rings is 1. The fourth-order valence-electron chi connectivity index (χ4n) is 8.66. The Morgan fingerprint density at radius 1 is 0.864 bits per heavy atom. The molecule has 1 N–H and O–H groups in total. The van der Waals surface area contributed by atoms with Gasteiger partial charge in [0.1, 0.15) is 0 Å². The summed E-state index contributed by atoms with van der Waals surface area (Å²) >= 11 is 0. The summed E-state index contributed by atoms with van der Waals surface area (Å²) in [5, 5.41) is 13.0. The number of carbonyl (C=O) groups excluding carboxylic acids is 1. The summed E-state index contributed by atoms with van der Waals surface area (Å²) in [6.07, 6.45) is 2.42. The first-order valence-electron chi connectivity index (χ1n) is 20.7. The predicted molar refractivity (Wildman–Crippen MR) is 235 cm³/mol. The van der Waals surface area contributed by atoms with Crippen molar-refractivity contribution in [2.24, 2.45) is 17.3 Å². The number of halogens is 3. The van der Waals surface area contributed by atoms with Gasteiger partial charge in [-0.25, -0.2) is 0 Å². The number of carbonyl (C=O) groups is 1. The molecular formula is C50H55BF3IrN2O2-. The first-order chi connectivity index (χ1) is 27.6. The van der Waals surface area contributed by atoms with E-state index in [1.165, 1.54) is 36.5 Å². The Bertz CT molecular complexity index is 2460. The van der Waals surface area contributed by atoms with Crippen LogP contribution >= 0.6 is 0 Å². The number of ketones is 1. The van der Waals surface area contributed by atoms with Gasteiger partial charge in [-0.1, -0.05) is 130 Å². The van der Waals surface area contributed by atoms with E-state index in [0.717, 1.165) is 80.9 Å². The third kappa shape index (κ3) is 8.88. The van der Waals surface area contributed by atoms with Crippen molar-refractivity contribution in [2.45, 2.75) is 101 Å². The monoisotopic (exact) mass is 976 g/mol. The summed E-state index contributed by atoms with van der Waals surface area (Å²) in [4.78, 5) is 16.6. The van der Waals surface area contributed by atoms with Crippen LogP contribution in [-0.2, 0) is 31.3 Å². The molecule has 0 saturated carbocycles. The number of aliphatic hydroxyl groups is 1. The molecule has 0 amide bonds. The molecule has 1 radical (unpaired) electrons. The minimum absolute atomic E-state index is 0. The number of aliphatic hydroxyl groups excluding tert-OH is 1. The molecule has 9 heteroatoms. The quantitative estimate of drug-likeness (QED) is 0.0608. The molecule has 311 valence electrons. The molecule has 7 rings (SSSR count). The van der Waals surface area contributed by atoms with E-state index in [-0.39, 0.29) is 56.8 Å². The van der Waals surface area contributed by atoms with Gasteiger partial charge in [-0.2, -0.15) is 13.2 Å². The number of benzene rings is 4. The second-order valence-electron chi connectivity index (χ2n) is 16.5. The zero-order valence-electron chi connectivity index (χ0n) is 35.6. The summed E-state index contributed by atoms with van der Waals surface area (Å²) in [7, 11) is 0. The van der Waals surface area contributed by atoms with Gasteiger partial charge in [0, 0.05) is 61.1 Å². The Kier molecular flexibility index (Phi) is 14.3. The Morgan fingerprint density at radius 2 is 1.47 bits per heavy atom. The summed E-state index contributed by atoms with van der Waals surface area (Å²) in [5.74, 6) is 0.547. The standard InChI is InChI=1S/C37H31BF3N2.C13H24O2.Ir/c1-22-9-8-10-23(2)32(22)38-31-20-28-12-7-6-11-27(28)19-30(31)33-35-29(17-18-42-33)24(3)34(43(35)38)26-15-13-25(14-16-26)21-36(4,5)37(39,40)41;1-5-10(6-2)12(14)9-13(15)11(7-3)8-4;/h6-18,20H,21H2,1-5H3;9-11,14H,5-8H2,1-4H3;/q-1;;/b;12-9-;. The average Bonchev–Trinajstić information content (AvgIpc) is 3.48. The largest absolute Gasteiger partial charge is 0.512 e. The van der Waals surface area contributed by atoms with Gasteiger partial charge in [-0.05, 0) is 81.0 Å². The number of hydrogen-bond acceptors (Lipinski definition) is 3. The topological polar surface area (TPSA) is 55.1 Å². The molecule has 1 aliphatic heterocycles. The Labute approximate surface area is 361 Å². The number of rotatable bonds is 11. The molecule has 2 aromatic heterocycles. The van der Waals surface area contributed by atoms with Crippen LogP contribution < -0.4 is 10.9 Å². The fourth-order valence-corrected chi connectivity index (χ4v) is 8.66. The summed E-state index contributed by atoms with van der Waals surface area (Å²) < 4.78 is 43.4. The van der Waals surface area contributed by atoms with Crippen LogP contribution in [0.3, 0.4) is 0 Å². The van der Waals surface area contributed by atoms with Gasteiger partial charge in [0.2, 0.25) is 0 Å². The minimum atomic E-state index is -4.28. The van der Waals surface area contributed by atoms with Crippen LogP contribution in [0.5, 0.6) is 0 Å². The third-order valence-corrected chi connectivity index (χ3v) is 12.3. The molecule has 0 fully saturated rings. The second kappa shape index (κ2) is 18.4. The summed E-state index contributed by atoms with van der Waals surface area (Å²) in [6.45, 7) is 16.9. The van der Waals surface area contributed by atoms with Crippen molar-refractivity contribution in [1.82, 2.24) is 9.46 Å². The maximum absolute atomic E-state index is 13.7. The number of hydrogen-bond donors (Lipinski definition) is 1. The van der Waals surface area contributed by atoms with Crippen LogP contribution in [0.1, 0.15) is 89.5 Å². The third-order valence-electron chi connectivity index (χ3n) is 12.3. The SMILES string of the molecule is CCC(CC)C(=O)/C=C(\O)C(CC)CC.Cc1cccc(C)c1B1c2cc3ccccc3[c-]c2-c2nccc3c(C)c(-c4ccc(CC(C)(C)C(F)(F)F)cc4)n1c23.[Ir]. The van der Waals surface area contributed by atoms with Gasteiger partial charge in [-0.15, -0.1) is 29.0 Å². The Balaban J connectivity index is 0.000000355. The van der Waals surface area contributed by atoms with E-state index in [0.29, 0.717) is 5.56 Å². The molecule has 6 aromatic rings. The molecule has 4 aromatic carbocycles. The van der Waals surface area contributed by atoms with Gasteiger partial charge in [0.15, 0.2) is 5.78 Å². The number of alkyl halides is 3. The first-order valence-corrected chi connectivity index (χ1v) is 20.7. The summed E-state index contributed by atoms with van der Waals surface area (Å²) in [6, 6.07) is 30.5. The number of allylic oxidation sites excluding steroid dienone is 2. The van der Waals surface area contributed by atoms with E-state index < -0.39 is 11.6 Å². The molecule has 1 aliphatic rings. The van der Waals surface area contributed by atoms with E-state index in [1.54, 1.807) is 0 Å². The van der Waals surface area contributed by atoms with Crippen LogP contribution in [-0.4, -0.2) is 33.4 Å².